The molecule has 0 radical (unpaired) electrons. The fraction of sp³-hybridized carbons (Fsp3) is 0.208. The summed E-state index contributed by atoms with van der Waals surface area (Å²) in [6.45, 7) is 2.51. The van der Waals surface area contributed by atoms with Gasteiger partial charge in [-0.3, -0.25) is 4.79 Å². The normalized spacial score (nSPS) is 12.2. The Morgan fingerprint density at radius 3 is 2.23 bits per heavy atom. The summed E-state index contributed by atoms with van der Waals surface area (Å²) in [4.78, 5) is 13.0. The van der Waals surface area contributed by atoms with Gasteiger partial charge in [0.15, 0.2) is 9.84 Å². The first-order valence-corrected chi connectivity index (χ1v) is 11.8. The number of nitrogens with one attached hydrogen (secondary N) is 1. The van der Waals surface area contributed by atoms with E-state index in [1.54, 1.807) is 24.3 Å². The molecule has 0 spiro atoms. The SMILES string of the molecule is CCOc1ccc(C(NC(=O)c2cccc(CS(C)(=O)=O)c2)c2ccccc2)cc1. The van der Waals surface area contributed by atoms with Crippen LogP contribution in [-0.4, -0.2) is 27.2 Å². The van der Waals surface area contributed by atoms with Crippen LogP contribution < -0.4 is 10.1 Å². The van der Waals surface area contributed by atoms with Gasteiger partial charge in [0.25, 0.3) is 5.91 Å². The smallest absolute Gasteiger partial charge is 0.252 e. The lowest BCUT2D eigenvalue weighted by Crippen LogP contribution is -2.29. The van der Waals surface area contributed by atoms with Gasteiger partial charge in [-0.2, -0.15) is 0 Å². The summed E-state index contributed by atoms with van der Waals surface area (Å²) in [6, 6.07) is 23.7. The molecule has 0 aliphatic carbocycles. The zero-order chi connectivity index (χ0) is 21.6. The number of sulfone groups is 1. The number of benzene rings is 3. The van der Waals surface area contributed by atoms with Gasteiger partial charge >= 0.3 is 0 Å². The second-order valence-electron chi connectivity index (χ2n) is 7.09. The number of carbonyl (C=O) groups excluding carboxylic acids is 1. The monoisotopic (exact) mass is 423 g/mol. The van der Waals surface area contributed by atoms with Crippen molar-refractivity contribution in [3.63, 3.8) is 0 Å². The van der Waals surface area contributed by atoms with E-state index in [0.29, 0.717) is 17.7 Å². The van der Waals surface area contributed by atoms with Crippen LogP contribution in [0.3, 0.4) is 0 Å². The molecule has 3 aromatic rings. The number of ether oxygens (including phenoxy) is 1. The van der Waals surface area contributed by atoms with E-state index in [4.69, 9.17) is 4.74 Å². The molecule has 0 saturated carbocycles. The van der Waals surface area contributed by atoms with E-state index < -0.39 is 9.84 Å². The van der Waals surface area contributed by atoms with Crippen molar-refractivity contribution in [1.29, 1.82) is 0 Å². The first-order chi connectivity index (χ1) is 14.4. The molecule has 0 fully saturated rings. The molecule has 0 bridgehead atoms. The standard InChI is InChI=1S/C24H25NO4S/c1-3-29-22-14-12-20(13-15-22)23(19-9-5-4-6-10-19)25-24(26)21-11-7-8-18(16-21)17-30(2,27)28/h4-16,23H,3,17H2,1-2H3,(H,25,26). The van der Waals surface area contributed by atoms with Gasteiger partial charge in [-0.15, -0.1) is 0 Å². The summed E-state index contributed by atoms with van der Waals surface area (Å²) in [7, 11) is -3.18. The van der Waals surface area contributed by atoms with Gasteiger partial charge in [0.05, 0.1) is 18.4 Å². The molecular weight excluding hydrogens is 398 g/mol. The van der Waals surface area contributed by atoms with Gasteiger partial charge in [-0.05, 0) is 47.9 Å². The molecule has 0 aromatic heterocycles. The molecule has 1 unspecified atom stereocenters. The zero-order valence-electron chi connectivity index (χ0n) is 17.0. The van der Waals surface area contributed by atoms with Crippen molar-refractivity contribution in [2.24, 2.45) is 0 Å². The maximum Gasteiger partial charge on any atom is 0.252 e. The lowest BCUT2D eigenvalue weighted by Gasteiger charge is -2.20. The van der Waals surface area contributed by atoms with Crippen LogP contribution in [0.15, 0.2) is 78.9 Å². The Labute approximate surface area is 177 Å². The molecule has 1 atom stereocenters. The number of rotatable bonds is 8. The highest BCUT2D eigenvalue weighted by Crippen LogP contribution is 2.25. The highest BCUT2D eigenvalue weighted by atomic mass is 32.2. The predicted octanol–water partition coefficient (Wildman–Crippen LogP) is 4.15. The van der Waals surface area contributed by atoms with Crippen molar-refractivity contribution >= 4 is 15.7 Å². The summed E-state index contributed by atoms with van der Waals surface area (Å²) in [6.07, 6.45) is 1.18. The van der Waals surface area contributed by atoms with Crippen molar-refractivity contribution < 1.29 is 17.9 Å². The molecular formula is C24H25NO4S. The summed E-state index contributed by atoms with van der Waals surface area (Å²) in [5.41, 5.74) is 2.87. The lowest BCUT2D eigenvalue weighted by atomic mass is 9.98. The molecule has 0 aliphatic heterocycles. The molecule has 1 amide bonds. The molecule has 1 N–H and O–H groups in total. The average Bonchev–Trinajstić information content (AvgIpc) is 2.72. The molecule has 3 rings (SSSR count). The Balaban J connectivity index is 1.88. The van der Waals surface area contributed by atoms with E-state index in [2.05, 4.69) is 5.32 Å². The van der Waals surface area contributed by atoms with Crippen molar-refractivity contribution in [3.05, 3.63) is 101 Å². The second-order valence-corrected chi connectivity index (χ2v) is 9.23. The van der Waals surface area contributed by atoms with Crippen LogP contribution in [0, 0.1) is 0 Å². The highest BCUT2D eigenvalue weighted by molar-refractivity contribution is 7.89. The first kappa shape index (κ1) is 21.6. The topological polar surface area (TPSA) is 72.5 Å². The Morgan fingerprint density at radius 2 is 1.60 bits per heavy atom. The van der Waals surface area contributed by atoms with Gasteiger partial charge in [0.1, 0.15) is 5.75 Å². The molecule has 0 heterocycles. The molecule has 3 aromatic carbocycles. The minimum absolute atomic E-state index is 0.102. The molecule has 6 heteroatoms. The van der Waals surface area contributed by atoms with E-state index >= 15 is 0 Å². The van der Waals surface area contributed by atoms with Gasteiger partial charge in [-0.25, -0.2) is 8.42 Å². The average molecular weight is 424 g/mol. The van der Waals surface area contributed by atoms with Crippen LogP contribution in [0.2, 0.25) is 0 Å². The summed E-state index contributed by atoms with van der Waals surface area (Å²) >= 11 is 0. The van der Waals surface area contributed by atoms with E-state index in [1.165, 1.54) is 6.26 Å². The second kappa shape index (κ2) is 9.59. The maximum atomic E-state index is 13.0. The quantitative estimate of drug-likeness (QED) is 0.591. The Hall–Kier alpha value is -3.12. The van der Waals surface area contributed by atoms with E-state index in [-0.39, 0.29) is 17.7 Å². The predicted molar refractivity (Wildman–Crippen MR) is 118 cm³/mol. The summed E-state index contributed by atoms with van der Waals surface area (Å²) in [5.74, 6) is 0.399. The number of hydrogen-bond donors (Lipinski definition) is 1. The third kappa shape index (κ3) is 5.94. The first-order valence-electron chi connectivity index (χ1n) is 9.71. The van der Waals surface area contributed by atoms with E-state index in [1.807, 2.05) is 61.5 Å². The third-order valence-electron chi connectivity index (χ3n) is 4.55. The fourth-order valence-electron chi connectivity index (χ4n) is 3.25. The van der Waals surface area contributed by atoms with Crippen LogP contribution in [0.5, 0.6) is 5.75 Å². The minimum Gasteiger partial charge on any atom is -0.494 e. The molecule has 0 saturated heterocycles. The number of hydrogen-bond acceptors (Lipinski definition) is 4. The lowest BCUT2D eigenvalue weighted by molar-refractivity contribution is 0.0943. The van der Waals surface area contributed by atoms with Crippen LogP contribution in [0.1, 0.15) is 40.0 Å². The summed E-state index contributed by atoms with van der Waals surface area (Å²) in [5, 5.41) is 3.08. The van der Waals surface area contributed by atoms with Gasteiger partial charge in [0.2, 0.25) is 0 Å². The molecule has 0 aliphatic rings. The van der Waals surface area contributed by atoms with Gasteiger partial charge in [0, 0.05) is 11.8 Å². The zero-order valence-corrected chi connectivity index (χ0v) is 17.9. The molecule has 30 heavy (non-hydrogen) atoms. The van der Waals surface area contributed by atoms with Crippen LogP contribution in [-0.2, 0) is 15.6 Å². The largest absolute Gasteiger partial charge is 0.494 e. The third-order valence-corrected chi connectivity index (χ3v) is 5.41. The van der Waals surface area contributed by atoms with Crippen molar-refractivity contribution in [2.45, 2.75) is 18.7 Å². The Kier molecular flexibility index (Phi) is 6.90. The highest BCUT2D eigenvalue weighted by Gasteiger charge is 2.18. The van der Waals surface area contributed by atoms with Crippen LogP contribution >= 0.6 is 0 Å². The van der Waals surface area contributed by atoms with Crippen molar-refractivity contribution in [3.8, 4) is 5.75 Å². The van der Waals surface area contributed by atoms with E-state index in [9.17, 15) is 13.2 Å². The molecule has 156 valence electrons. The van der Waals surface area contributed by atoms with Crippen LogP contribution in [0.25, 0.3) is 0 Å². The summed E-state index contributed by atoms with van der Waals surface area (Å²) < 4.78 is 28.7. The van der Waals surface area contributed by atoms with E-state index in [0.717, 1.165) is 16.9 Å². The molecule has 5 nitrogen and oxygen atoms in total. The van der Waals surface area contributed by atoms with Gasteiger partial charge < -0.3 is 10.1 Å². The maximum absolute atomic E-state index is 13.0. The minimum atomic E-state index is -3.18. The van der Waals surface area contributed by atoms with Gasteiger partial charge in [-0.1, -0.05) is 54.6 Å². The number of amides is 1. The van der Waals surface area contributed by atoms with Crippen molar-refractivity contribution in [2.75, 3.05) is 12.9 Å². The Morgan fingerprint density at radius 1 is 0.933 bits per heavy atom. The number of carbonyl (C=O) groups is 1. The fourth-order valence-corrected chi connectivity index (χ4v) is 4.03. The van der Waals surface area contributed by atoms with Crippen molar-refractivity contribution in [1.82, 2.24) is 5.32 Å². The Bertz CT molecular complexity index is 1090. The van der Waals surface area contributed by atoms with Crippen LogP contribution in [0.4, 0.5) is 0 Å².